The van der Waals surface area contributed by atoms with E-state index in [0.717, 1.165) is 55.1 Å². The number of benzene rings is 2. The Hall–Kier alpha value is -2.08. The Labute approximate surface area is 166 Å². The van der Waals surface area contributed by atoms with Gasteiger partial charge in [0.25, 0.3) is 0 Å². The Morgan fingerprint density at radius 1 is 0.750 bits per heavy atom. The number of ether oxygens (including phenoxy) is 3. The molecule has 2 fully saturated rings. The van der Waals surface area contributed by atoms with E-state index in [4.69, 9.17) is 14.2 Å². The van der Waals surface area contributed by atoms with Gasteiger partial charge >= 0.3 is 0 Å². The van der Waals surface area contributed by atoms with Crippen molar-refractivity contribution in [1.82, 2.24) is 0 Å². The average molecular weight is 386 g/mol. The molecule has 0 amide bonds. The predicted octanol–water partition coefficient (Wildman–Crippen LogP) is 3.72. The van der Waals surface area contributed by atoms with E-state index in [-0.39, 0.29) is 0 Å². The number of hydrogen-bond donors (Lipinski definition) is 2. The van der Waals surface area contributed by atoms with Crippen LogP contribution in [0.25, 0.3) is 0 Å². The van der Waals surface area contributed by atoms with Gasteiger partial charge in [-0.25, -0.2) is 0 Å². The molecule has 2 aliphatic heterocycles. The Balaban J connectivity index is 0.000000206. The topological polar surface area (TPSA) is 74.8 Å². The second-order valence-corrected chi connectivity index (χ2v) is 7.78. The molecule has 2 N–H and O–H groups in total. The molecule has 0 bridgehead atoms. The molecule has 0 radical (unpaired) electrons. The zero-order valence-electron chi connectivity index (χ0n) is 17.1. The lowest BCUT2D eigenvalue weighted by molar-refractivity contribution is 0.102. The first-order chi connectivity index (χ1) is 13.3. The average Bonchev–Trinajstić information content (AvgIpc) is 3.53. The predicted molar refractivity (Wildman–Crippen MR) is 108 cm³/mol. The summed E-state index contributed by atoms with van der Waals surface area (Å²) in [5.74, 6) is 0.753. The van der Waals surface area contributed by atoms with Crippen molar-refractivity contribution in [2.24, 2.45) is 0 Å². The highest BCUT2D eigenvalue weighted by atomic mass is 16.6. The van der Waals surface area contributed by atoms with Crippen LogP contribution < -0.4 is 0 Å². The van der Waals surface area contributed by atoms with Gasteiger partial charge in [0.2, 0.25) is 0 Å². The van der Waals surface area contributed by atoms with Crippen molar-refractivity contribution in [3.05, 3.63) is 57.6 Å². The molecule has 4 rings (SSSR count). The SMILES string of the molecule is C(OCC1CO1)C1CO1.Cc1cc(Cc2cc(C)c(O)c(C)c2)cc(C)c1O. The van der Waals surface area contributed by atoms with Gasteiger partial charge in [0.05, 0.1) is 26.4 Å². The second-order valence-electron chi connectivity index (χ2n) is 7.78. The maximum atomic E-state index is 9.79. The molecule has 5 nitrogen and oxygen atoms in total. The molecule has 2 saturated heterocycles. The monoisotopic (exact) mass is 386 g/mol. The van der Waals surface area contributed by atoms with Gasteiger partial charge in [-0.05, 0) is 67.5 Å². The zero-order valence-corrected chi connectivity index (χ0v) is 17.1. The van der Waals surface area contributed by atoms with Crippen molar-refractivity contribution >= 4 is 0 Å². The zero-order chi connectivity index (χ0) is 20.3. The second kappa shape index (κ2) is 8.95. The van der Waals surface area contributed by atoms with Crippen LogP contribution in [-0.4, -0.2) is 48.8 Å². The van der Waals surface area contributed by atoms with Crippen molar-refractivity contribution in [2.75, 3.05) is 26.4 Å². The maximum Gasteiger partial charge on any atom is 0.121 e. The molecule has 0 spiro atoms. The van der Waals surface area contributed by atoms with E-state index >= 15 is 0 Å². The van der Waals surface area contributed by atoms with E-state index in [0.29, 0.717) is 23.7 Å². The summed E-state index contributed by atoms with van der Waals surface area (Å²) in [5.41, 5.74) is 5.98. The Kier molecular flexibility index (Phi) is 6.60. The summed E-state index contributed by atoms with van der Waals surface area (Å²) in [6, 6.07) is 8.05. The van der Waals surface area contributed by atoms with Crippen LogP contribution in [0.5, 0.6) is 11.5 Å². The van der Waals surface area contributed by atoms with E-state index < -0.39 is 0 Å². The van der Waals surface area contributed by atoms with Crippen molar-refractivity contribution in [2.45, 2.75) is 46.3 Å². The molecule has 2 aromatic rings. The molecule has 2 atom stereocenters. The molecule has 152 valence electrons. The summed E-state index contributed by atoms with van der Waals surface area (Å²) in [6.45, 7) is 10.9. The van der Waals surface area contributed by atoms with Crippen LogP contribution in [0.3, 0.4) is 0 Å². The maximum absolute atomic E-state index is 9.79. The molecular weight excluding hydrogens is 356 g/mol. The van der Waals surface area contributed by atoms with Crippen LogP contribution in [0, 0.1) is 27.7 Å². The van der Waals surface area contributed by atoms with Crippen LogP contribution >= 0.6 is 0 Å². The highest BCUT2D eigenvalue weighted by Crippen LogP contribution is 2.27. The Bertz CT molecular complexity index is 708. The van der Waals surface area contributed by atoms with E-state index in [1.54, 1.807) is 0 Å². The fourth-order valence-electron chi connectivity index (χ4n) is 3.19. The number of aromatic hydroxyl groups is 2. The quantitative estimate of drug-likeness (QED) is 0.740. The smallest absolute Gasteiger partial charge is 0.121 e. The van der Waals surface area contributed by atoms with Gasteiger partial charge in [0.15, 0.2) is 0 Å². The van der Waals surface area contributed by atoms with Crippen molar-refractivity contribution in [3.63, 3.8) is 0 Å². The van der Waals surface area contributed by atoms with E-state index in [1.807, 2.05) is 52.0 Å². The molecule has 28 heavy (non-hydrogen) atoms. The van der Waals surface area contributed by atoms with Gasteiger partial charge in [-0.3, -0.25) is 0 Å². The summed E-state index contributed by atoms with van der Waals surface area (Å²) in [7, 11) is 0. The third-order valence-corrected chi connectivity index (χ3v) is 4.92. The standard InChI is InChI=1S/C17H20O2.C6H10O3/c1-10-5-14(6-11(2)16(10)18)9-15-7-12(3)17(19)13(4)8-15;1(5-3-8-5)7-2-6-4-9-6/h5-8,18-19H,9H2,1-4H3;5-6H,1-4H2. The third-order valence-electron chi connectivity index (χ3n) is 4.92. The lowest BCUT2D eigenvalue weighted by atomic mass is 9.97. The number of hydrogen-bond acceptors (Lipinski definition) is 5. The third kappa shape index (κ3) is 5.96. The minimum absolute atomic E-state index is 0.377. The van der Waals surface area contributed by atoms with Crippen molar-refractivity contribution in [3.8, 4) is 11.5 Å². The highest BCUT2D eigenvalue weighted by molar-refractivity contribution is 5.46. The summed E-state index contributed by atoms with van der Waals surface area (Å²) < 4.78 is 15.1. The van der Waals surface area contributed by atoms with Crippen LogP contribution in [0.15, 0.2) is 24.3 Å². The Morgan fingerprint density at radius 3 is 1.36 bits per heavy atom. The van der Waals surface area contributed by atoms with Crippen LogP contribution in [-0.2, 0) is 20.6 Å². The van der Waals surface area contributed by atoms with E-state index in [1.165, 1.54) is 11.1 Å². The molecule has 2 unspecified atom stereocenters. The Morgan fingerprint density at radius 2 is 1.07 bits per heavy atom. The minimum atomic E-state index is 0.377. The molecule has 2 heterocycles. The molecule has 0 aromatic heterocycles. The van der Waals surface area contributed by atoms with Crippen LogP contribution in [0.4, 0.5) is 0 Å². The highest BCUT2D eigenvalue weighted by Gasteiger charge is 2.26. The molecule has 2 aliphatic rings. The lowest BCUT2D eigenvalue weighted by Gasteiger charge is -2.10. The van der Waals surface area contributed by atoms with Gasteiger partial charge < -0.3 is 24.4 Å². The molecule has 0 aliphatic carbocycles. The molecule has 2 aromatic carbocycles. The number of phenolic OH excluding ortho intramolecular Hbond substituents is 2. The molecule has 5 heteroatoms. The van der Waals surface area contributed by atoms with Crippen LogP contribution in [0.1, 0.15) is 33.4 Å². The van der Waals surface area contributed by atoms with E-state index in [9.17, 15) is 10.2 Å². The summed E-state index contributed by atoms with van der Waals surface area (Å²) >= 11 is 0. The largest absolute Gasteiger partial charge is 0.507 e. The summed E-state index contributed by atoms with van der Waals surface area (Å²) in [4.78, 5) is 0. The van der Waals surface area contributed by atoms with Gasteiger partial charge in [-0.1, -0.05) is 24.3 Å². The normalized spacial score (nSPS) is 19.7. The van der Waals surface area contributed by atoms with Crippen molar-refractivity contribution < 1.29 is 24.4 Å². The first-order valence-corrected chi connectivity index (χ1v) is 9.72. The lowest BCUT2D eigenvalue weighted by Crippen LogP contribution is -2.06. The fraction of sp³-hybridized carbons (Fsp3) is 0.478. The molecule has 0 saturated carbocycles. The number of phenols is 2. The first-order valence-electron chi connectivity index (χ1n) is 9.72. The number of aryl methyl sites for hydroxylation is 4. The number of rotatable bonds is 6. The number of epoxide rings is 2. The first kappa shape index (κ1) is 20.6. The van der Waals surface area contributed by atoms with Crippen LogP contribution in [0.2, 0.25) is 0 Å². The fourth-order valence-corrected chi connectivity index (χ4v) is 3.19. The summed E-state index contributed by atoms with van der Waals surface area (Å²) in [5, 5.41) is 19.6. The van der Waals surface area contributed by atoms with Gasteiger partial charge in [-0.15, -0.1) is 0 Å². The minimum Gasteiger partial charge on any atom is -0.507 e. The van der Waals surface area contributed by atoms with Gasteiger partial charge in [0, 0.05) is 0 Å². The van der Waals surface area contributed by atoms with E-state index in [2.05, 4.69) is 0 Å². The van der Waals surface area contributed by atoms with Gasteiger partial charge in [0.1, 0.15) is 23.7 Å². The summed E-state index contributed by atoms with van der Waals surface area (Å²) in [6.07, 6.45) is 1.59. The van der Waals surface area contributed by atoms with Gasteiger partial charge in [-0.2, -0.15) is 0 Å². The van der Waals surface area contributed by atoms with Crippen molar-refractivity contribution in [1.29, 1.82) is 0 Å². The molecular formula is C23H30O5.